The molecule has 3 heteroatoms. The van der Waals surface area contributed by atoms with Crippen LogP contribution in [0.5, 0.6) is 11.5 Å². The fourth-order valence-electron chi connectivity index (χ4n) is 3.49. The number of hydrogen-bond acceptors (Lipinski definition) is 2. The van der Waals surface area contributed by atoms with Gasteiger partial charge < -0.3 is 10.2 Å². The summed E-state index contributed by atoms with van der Waals surface area (Å²) in [7, 11) is 0. The molecule has 0 saturated carbocycles. The number of phenolic OH excluding ortho intramolecular Hbond substituents is 2. The zero-order valence-electron chi connectivity index (χ0n) is 14.1. The van der Waals surface area contributed by atoms with Crippen LogP contribution in [0.15, 0.2) is 36.2 Å². The van der Waals surface area contributed by atoms with Crippen molar-refractivity contribution < 1.29 is 14.6 Å². The third-order valence-electron chi connectivity index (χ3n) is 4.76. The van der Waals surface area contributed by atoms with Crippen molar-refractivity contribution in [3.63, 3.8) is 0 Å². The van der Waals surface area contributed by atoms with Gasteiger partial charge in [-0.1, -0.05) is 38.0 Å². The molecular formula is C20H27FO2. The van der Waals surface area contributed by atoms with Crippen LogP contribution in [0.1, 0.15) is 63.0 Å². The fourth-order valence-corrected chi connectivity index (χ4v) is 3.49. The number of benzene rings is 1. The van der Waals surface area contributed by atoms with Crippen LogP contribution in [-0.2, 0) is 6.42 Å². The van der Waals surface area contributed by atoms with Crippen molar-refractivity contribution in [1.82, 2.24) is 0 Å². The molecule has 0 fully saturated rings. The summed E-state index contributed by atoms with van der Waals surface area (Å²) in [5, 5.41) is 20.9. The van der Waals surface area contributed by atoms with Gasteiger partial charge in [0.15, 0.2) is 0 Å². The normalized spacial score (nSPS) is 21.1. The van der Waals surface area contributed by atoms with Crippen molar-refractivity contribution in [3.05, 3.63) is 47.3 Å². The molecule has 0 spiro atoms. The van der Waals surface area contributed by atoms with E-state index in [0.29, 0.717) is 12.0 Å². The van der Waals surface area contributed by atoms with E-state index in [1.54, 1.807) is 18.2 Å². The lowest BCUT2D eigenvalue weighted by Gasteiger charge is -2.31. The molecule has 2 atom stereocenters. The lowest BCUT2D eigenvalue weighted by molar-refractivity contribution is 0.371. The van der Waals surface area contributed by atoms with Gasteiger partial charge in [-0.3, -0.25) is 0 Å². The average molecular weight is 318 g/mol. The van der Waals surface area contributed by atoms with Gasteiger partial charge in [-0.15, -0.1) is 0 Å². The standard InChI is InChI=1S/C20H27FO2/c1-4-5-6-7-14-10-18(22)20(19(23)11-14)17-12-15(21)8-9-16(17)13(2)3/h8,10-11,16-17,22-23H,2,4-7,9,12H2,1,3H3/t16-,17+/m0/s1. The fraction of sp³-hybridized carbons (Fsp3) is 0.500. The number of aromatic hydroxyl groups is 2. The zero-order valence-corrected chi connectivity index (χ0v) is 14.1. The van der Waals surface area contributed by atoms with E-state index >= 15 is 0 Å². The van der Waals surface area contributed by atoms with Crippen molar-refractivity contribution in [2.45, 2.75) is 58.3 Å². The molecule has 0 saturated heterocycles. The van der Waals surface area contributed by atoms with Crippen LogP contribution in [-0.4, -0.2) is 10.2 Å². The zero-order chi connectivity index (χ0) is 17.0. The van der Waals surface area contributed by atoms with Crippen LogP contribution in [0.2, 0.25) is 0 Å². The van der Waals surface area contributed by atoms with Gasteiger partial charge in [0.2, 0.25) is 0 Å². The second-order valence-corrected chi connectivity index (χ2v) is 6.66. The lowest BCUT2D eigenvalue weighted by Crippen LogP contribution is -2.18. The van der Waals surface area contributed by atoms with Gasteiger partial charge in [0.05, 0.1) is 5.83 Å². The third-order valence-corrected chi connectivity index (χ3v) is 4.76. The van der Waals surface area contributed by atoms with Crippen LogP contribution in [0.4, 0.5) is 4.39 Å². The number of unbranched alkanes of at least 4 members (excludes halogenated alkanes) is 2. The van der Waals surface area contributed by atoms with E-state index in [1.165, 1.54) is 0 Å². The van der Waals surface area contributed by atoms with Crippen molar-refractivity contribution in [1.29, 1.82) is 0 Å². The largest absolute Gasteiger partial charge is 0.508 e. The number of allylic oxidation sites excluding steroid dienone is 3. The first-order valence-corrected chi connectivity index (χ1v) is 8.48. The second-order valence-electron chi connectivity index (χ2n) is 6.66. The van der Waals surface area contributed by atoms with Gasteiger partial charge in [0.25, 0.3) is 0 Å². The van der Waals surface area contributed by atoms with Gasteiger partial charge in [-0.25, -0.2) is 4.39 Å². The molecule has 0 heterocycles. The number of hydrogen-bond donors (Lipinski definition) is 2. The molecule has 1 aliphatic rings. The molecular weight excluding hydrogens is 291 g/mol. The smallest absolute Gasteiger partial charge is 0.123 e. The van der Waals surface area contributed by atoms with Gasteiger partial charge in [0, 0.05) is 17.9 Å². The maximum atomic E-state index is 13.8. The summed E-state index contributed by atoms with van der Waals surface area (Å²) in [5.41, 5.74) is 2.33. The molecule has 0 bridgehead atoms. The Morgan fingerprint density at radius 1 is 1.26 bits per heavy atom. The van der Waals surface area contributed by atoms with E-state index in [9.17, 15) is 14.6 Å². The molecule has 2 rings (SSSR count). The Hall–Kier alpha value is -1.77. The van der Waals surface area contributed by atoms with Crippen molar-refractivity contribution in [2.24, 2.45) is 5.92 Å². The van der Waals surface area contributed by atoms with Crippen LogP contribution in [0.3, 0.4) is 0 Å². The molecule has 126 valence electrons. The Balaban J connectivity index is 2.31. The summed E-state index contributed by atoms with van der Waals surface area (Å²) < 4.78 is 13.8. The molecule has 2 nitrogen and oxygen atoms in total. The Bertz CT molecular complexity index is 581. The Labute approximate surface area is 138 Å². The van der Waals surface area contributed by atoms with E-state index in [1.807, 2.05) is 6.92 Å². The summed E-state index contributed by atoms with van der Waals surface area (Å²) in [6.07, 6.45) is 6.46. The predicted octanol–water partition coefficient (Wildman–Crippen LogP) is 5.75. The van der Waals surface area contributed by atoms with Gasteiger partial charge in [-0.2, -0.15) is 0 Å². The van der Waals surface area contributed by atoms with E-state index < -0.39 is 0 Å². The van der Waals surface area contributed by atoms with Crippen molar-refractivity contribution in [2.75, 3.05) is 0 Å². The van der Waals surface area contributed by atoms with Crippen molar-refractivity contribution >= 4 is 0 Å². The summed E-state index contributed by atoms with van der Waals surface area (Å²) in [6.45, 7) is 8.05. The summed E-state index contributed by atoms with van der Waals surface area (Å²) in [5.74, 6) is -0.261. The topological polar surface area (TPSA) is 40.5 Å². The minimum absolute atomic E-state index is 0.0391. The van der Waals surface area contributed by atoms with E-state index in [-0.39, 0.29) is 35.6 Å². The lowest BCUT2D eigenvalue weighted by atomic mass is 9.74. The molecule has 1 aliphatic carbocycles. The highest BCUT2D eigenvalue weighted by Gasteiger charge is 2.32. The average Bonchev–Trinajstić information content (AvgIpc) is 2.46. The quantitative estimate of drug-likeness (QED) is 0.517. The Morgan fingerprint density at radius 2 is 1.91 bits per heavy atom. The first kappa shape index (κ1) is 17.6. The van der Waals surface area contributed by atoms with E-state index in [2.05, 4.69) is 13.5 Å². The molecule has 0 aromatic heterocycles. The number of halogens is 1. The van der Waals surface area contributed by atoms with Crippen LogP contribution < -0.4 is 0 Å². The Kier molecular flexibility index (Phi) is 5.86. The van der Waals surface area contributed by atoms with E-state index in [0.717, 1.165) is 36.8 Å². The van der Waals surface area contributed by atoms with Crippen LogP contribution >= 0.6 is 0 Å². The highest BCUT2D eigenvalue weighted by Crippen LogP contribution is 2.47. The monoisotopic (exact) mass is 318 g/mol. The summed E-state index contributed by atoms with van der Waals surface area (Å²) in [6, 6.07) is 3.44. The maximum Gasteiger partial charge on any atom is 0.123 e. The van der Waals surface area contributed by atoms with Gasteiger partial charge >= 0.3 is 0 Å². The van der Waals surface area contributed by atoms with Crippen LogP contribution in [0.25, 0.3) is 0 Å². The summed E-state index contributed by atoms with van der Waals surface area (Å²) >= 11 is 0. The first-order valence-electron chi connectivity index (χ1n) is 8.48. The maximum absolute atomic E-state index is 13.8. The Morgan fingerprint density at radius 3 is 2.48 bits per heavy atom. The van der Waals surface area contributed by atoms with E-state index in [4.69, 9.17) is 0 Å². The minimum Gasteiger partial charge on any atom is -0.508 e. The van der Waals surface area contributed by atoms with Crippen molar-refractivity contribution in [3.8, 4) is 11.5 Å². The molecule has 0 amide bonds. The highest BCUT2D eigenvalue weighted by molar-refractivity contribution is 5.50. The predicted molar refractivity (Wildman–Crippen MR) is 92.5 cm³/mol. The van der Waals surface area contributed by atoms with Gasteiger partial charge in [-0.05, 0) is 49.8 Å². The molecule has 1 aromatic carbocycles. The minimum atomic E-state index is -0.262. The molecule has 0 aliphatic heterocycles. The molecule has 0 radical (unpaired) electrons. The highest BCUT2D eigenvalue weighted by atomic mass is 19.1. The molecule has 2 N–H and O–H groups in total. The SMILES string of the molecule is C=C(C)[C@@H]1CC=C(F)C[C@H]1c1c(O)cc(CCCCC)cc1O. The molecule has 1 aromatic rings. The first-order chi connectivity index (χ1) is 10.9. The van der Waals surface area contributed by atoms with Crippen LogP contribution in [0, 0.1) is 5.92 Å². The second kappa shape index (κ2) is 7.67. The molecule has 23 heavy (non-hydrogen) atoms. The number of phenols is 2. The van der Waals surface area contributed by atoms with Gasteiger partial charge in [0.1, 0.15) is 11.5 Å². The molecule has 0 unspecified atom stereocenters. The third kappa shape index (κ3) is 4.15. The summed E-state index contributed by atoms with van der Waals surface area (Å²) in [4.78, 5) is 0. The number of aryl methyl sites for hydroxylation is 1. The number of rotatable bonds is 6.